The predicted molar refractivity (Wildman–Crippen MR) is 153 cm³/mol. The number of Topliss-reactive ketones (excluding diaryl/α,β-unsaturated/α-hetero) is 1. The number of ketones is 1. The van der Waals surface area contributed by atoms with Crippen LogP contribution in [-0.2, 0) is 33.3 Å². The Labute approximate surface area is 248 Å². The minimum absolute atomic E-state index is 0.0890. The monoisotopic (exact) mass is 586 g/mol. The Hall–Kier alpha value is -2.33. The van der Waals surface area contributed by atoms with Gasteiger partial charge in [0.05, 0.1) is 18.1 Å². The number of aliphatic hydroxyl groups is 2. The second-order valence-corrected chi connectivity index (χ2v) is 14.1. The van der Waals surface area contributed by atoms with Crippen LogP contribution < -0.4 is 0 Å². The molecule has 0 spiro atoms. The zero-order valence-electron chi connectivity index (χ0n) is 26.4. The van der Waals surface area contributed by atoms with E-state index in [0.29, 0.717) is 23.1 Å². The van der Waals surface area contributed by atoms with Gasteiger partial charge >= 0.3 is 11.9 Å². The van der Waals surface area contributed by atoms with Crippen LogP contribution in [0.2, 0.25) is 0 Å². The summed E-state index contributed by atoms with van der Waals surface area (Å²) in [5.74, 6) is -6.12. The van der Waals surface area contributed by atoms with Crippen molar-refractivity contribution in [1.29, 1.82) is 0 Å². The van der Waals surface area contributed by atoms with Gasteiger partial charge in [-0.05, 0) is 52.2 Å². The fourth-order valence-corrected chi connectivity index (χ4v) is 8.31. The molecule has 0 unspecified atom stereocenters. The maximum Gasteiger partial charge on any atom is 0.333 e. The molecular weight excluding hydrogens is 540 g/mol. The van der Waals surface area contributed by atoms with Gasteiger partial charge in [-0.1, -0.05) is 52.8 Å². The lowest BCUT2D eigenvalue weighted by Crippen LogP contribution is -2.68. The molecule has 9 nitrogen and oxygen atoms in total. The van der Waals surface area contributed by atoms with Gasteiger partial charge in [0.25, 0.3) is 0 Å². The van der Waals surface area contributed by atoms with E-state index in [1.165, 1.54) is 0 Å². The second kappa shape index (κ2) is 9.58. The molecule has 0 aromatic rings. The fraction of sp³-hybridized carbons (Fsp3) is 0.727. The van der Waals surface area contributed by atoms with Crippen molar-refractivity contribution >= 4 is 17.7 Å². The topological polar surface area (TPSA) is 129 Å². The molecular formula is C33H46O9. The van der Waals surface area contributed by atoms with Gasteiger partial charge in [0.1, 0.15) is 12.2 Å². The molecule has 9 heteroatoms. The zero-order chi connectivity index (χ0) is 31.4. The molecule has 1 heterocycles. The summed E-state index contributed by atoms with van der Waals surface area (Å²) >= 11 is 0. The van der Waals surface area contributed by atoms with Crippen LogP contribution in [-0.4, -0.2) is 69.3 Å². The van der Waals surface area contributed by atoms with Crippen LogP contribution in [0, 0.1) is 35.0 Å². The Balaban J connectivity index is 1.74. The molecule has 1 aliphatic heterocycles. The van der Waals surface area contributed by atoms with Crippen LogP contribution in [0.3, 0.4) is 0 Å². The van der Waals surface area contributed by atoms with Crippen LogP contribution in [0.1, 0.15) is 75.7 Å². The molecule has 1 saturated heterocycles. The Morgan fingerprint density at radius 2 is 1.83 bits per heavy atom. The summed E-state index contributed by atoms with van der Waals surface area (Å²) in [5, 5.41) is 25.5. The molecule has 42 heavy (non-hydrogen) atoms. The SMILES string of the molecule is C/C=C(\C)C(=O)O[C@@H]1[C@@H](C)[C@]2(O)[C@@H]3C=C(C)C(=O)[C@@]3(O)[C@@H]3OC(C)(C)OCC3=C[C@H]2[C@@H]2C(C)(C)[C@]12OC(=O)[C@@H](C)CC. The number of carbonyl (C=O) groups excluding carboxylic acids is 3. The molecule has 10 atom stereocenters. The highest BCUT2D eigenvalue weighted by Gasteiger charge is 2.88. The largest absolute Gasteiger partial charge is 0.454 e. The van der Waals surface area contributed by atoms with E-state index >= 15 is 0 Å². The van der Waals surface area contributed by atoms with E-state index in [1.54, 1.807) is 60.6 Å². The van der Waals surface area contributed by atoms with Crippen molar-refractivity contribution < 1.29 is 43.5 Å². The number of rotatable bonds is 5. The lowest BCUT2D eigenvalue weighted by molar-refractivity contribution is -0.289. The van der Waals surface area contributed by atoms with E-state index in [2.05, 4.69) is 0 Å². The summed E-state index contributed by atoms with van der Waals surface area (Å²) in [7, 11) is 0. The van der Waals surface area contributed by atoms with E-state index < -0.39 is 81.6 Å². The standard InChI is InChI=1S/C33H46O9/c1-11-16(3)27(35)40-25-19(6)31(37)21(23-29(7,8)33(23,25)42-28(36)17(4)12-2)14-20-15-39-30(9,10)41-26(20)32(38)22(31)13-18(5)24(32)34/h11,13-14,17,19,21-23,25-26,37-38H,12,15H2,1-10H3/b16-11+/t17-,19+,21-,22-,23+,25+,26+,31+,32+,33+/m0/s1. The van der Waals surface area contributed by atoms with E-state index in [1.807, 2.05) is 26.8 Å². The molecule has 2 N–H and O–H groups in total. The summed E-state index contributed by atoms with van der Waals surface area (Å²) in [4.78, 5) is 40.5. The molecule has 5 aliphatic rings. The van der Waals surface area contributed by atoms with E-state index in [9.17, 15) is 24.6 Å². The number of fused-ring (bicyclic) bond motifs is 7. The minimum atomic E-state index is -2.12. The van der Waals surface area contributed by atoms with Crippen LogP contribution in [0.5, 0.6) is 0 Å². The molecule has 0 radical (unpaired) electrons. The van der Waals surface area contributed by atoms with Crippen LogP contribution in [0.25, 0.3) is 0 Å². The van der Waals surface area contributed by atoms with Crippen molar-refractivity contribution in [3.8, 4) is 0 Å². The van der Waals surface area contributed by atoms with Gasteiger partial charge in [0.2, 0.25) is 0 Å². The van der Waals surface area contributed by atoms with Crippen molar-refractivity contribution in [2.24, 2.45) is 35.0 Å². The molecule has 3 fully saturated rings. The highest BCUT2D eigenvalue weighted by atomic mass is 16.7. The van der Waals surface area contributed by atoms with Crippen molar-refractivity contribution in [3.05, 3.63) is 34.9 Å². The average molecular weight is 587 g/mol. The van der Waals surface area contributed by atoms with Gasteiger partial charge in [-0.15, -0.1) is 0 Å². The molecule has 2 saturated carbocycles. The van der Waals surface area contributed by atoms with E-state index in [4.69, 9.17) is 18.9 Å². The number of allylic oxidation sites excluding steroid dienone is 1. The number of hydrogen-bond donors (Lipinski definition) is 2. The smallest absolute Gasteiger partial charge is 0.333 e. The summed E-state index contributed by atoms with van der Waals surface area (Å²) in [6.45, 7) is 17.9. The second-order valence-electron chi connectivity index (χ2n) is 14.1. The molecule has 5 rings (SSSR count). The summed E-state index contributed by atoms with van der Waals surface area (Å²) in [5.41, 5.74) is -4.63. The van der Waals surface area contributed by atoms with Crippen LogP contribution in [0.15, 0.2) is 34.9 Å². The first-order chi connectivity index (χ1) is 19.4. The van der Waals surface area contributed by atoms with Gasteiger partial charge in [0.15, 0.2) is 22.8 Å². The normalized spacial score (nSPS) is 43.8. The lowest BCUT2D eigenvalue weighted by atomic mass is 9.58. The molecule has 0 bridgehead atoms. The van der Waals surface area contributed by atoms with E-state index in [-0.39, 0.29) is 12.5 Å². The van der Waals surface area contributed by atoms with Gasteiger partial charge in [-0.3, -0.25) is 9.59 Å². The number of esters is 2. The molecule has 0 amide bonds. The first-order valence-corrected chi connectivity index (χ1v) is 15.1. The van der Waals surface area contributed by atoms with Crippen molar-refractivity contribution in [1.82, 2.24) is 0 Å². The molecule has 0 aromatic heterocycles. The predicted octanol–water partition coefficient (Wildman–Crippen LogP) is 3.81. The van der Waals surface area contributed by atoms with Gasteiger partial charge < -0.3 is 29.2 Å². The highest BCUT2D eigenvalue weighted by molar-refractivity contribution is 6.05. The van der Waals surface area contributed by atoms with Gasteiger partial charge in [0, 0.05) is 34.7 Å². The summed E-state index contributed by atoms with van der Waals surface area (Å²) in [6.07, 6.45) is 3.58. The van der Waals surface area contributed by atoms with Gasteiger partial charge in [-0.2, -0.15) is 0 Å². The van der Waals surface area contributed by atoms with Crippen molar-refractivity contribution in [2.75, 3.05) is 6.61 Å². The number of hydrogen-bond acceptors (Lipinski definition) is 9. The first-order valence-electron chi connectivity index (χ1n) is 15.1. The lowest BCUT2D eigenvalue weighted by Gasteiger charge is -2.53. The van der Waals surface area contributed by atoms with Crippen molar-refractivity contribution in [3.63, 3.8) is 0 Å². The average Bonchev–Trinajstić information content (AvgIpc) is 3.34. The first kappa shape index (κ1) is 31.1. The van der Waals surface area contributed by atoms with E-state index in [0.717, 1.165) is 0 Å². The Kier molecular flexibility index (Phi) is 7.10. The summed E-state index contributed by atoms with van der Waals surface area (Å²) in [6, 6.07) is 0. The quantitative estimate of drug-likeness (QED) is 0.281. The Bertz CT molecular complexity index is 1310. The van der Waals surface area contributed by atoms with Crippen LogP contribution in [0.4, 0.5) is 0 Å². The Morgan fingerprint density at radius 1 is 1.19 bits per heavy atom. The highest BCUT2D eigenvalue weighted by Crippen LogP contribution is 2.77. The number of carbonyl (C=O) groups is 3. The van der Waals surface area contributed by atoms with Gasteiger partial charge in [-0.25, -0.2) is 4.79 Å². The minimum Gasteiger partial charge on any atom is -0.454 e. The third kappa shape index (κ3) is 3.85. The molecule has 232 valence electrons. The summed E-state index contributed by atoms with van der Waals surface area (Å²) < 4.78 is 24.8. The number of ether oxygens (including phenoxy) is 4. The molecule has 4 aliphatic carbocycles. The third-order valence-corrected chi connectivity index (χ3v) is 11.2. The maximum atomic E-state index is 13.8. The third-order valence-electron chi connectivity index (χ3n) is 11.2. The maximum absolute atomic E-state index is 13.8. The van der Waals surface area contributed by atoms with Crippen LogP contribution >= 0.6 is 0 Å². The molecule has 0 aromatic carbocycles. The zero-order valence-corrected chi connectivity index (χ0v) is 26.4. The Morgan fingerprint density at radius 3 is 2.43 bits per heavy atom. The fourth-order valence-electron chi connectivity index (χ4n) is 8.31. The van der Waals surface area contributed by atoms with Crippen molar-refractivity contribution in [2.45, 2.75) is 110 Å².